The van der Waals surface area contributed by atoms with E-state index < -0.39 is 36.8 Å². The van der Waals surface area contributed by atoms with Crippen molar-refractivity contribution in [1.82, 2.24) is 20.9 Å². The highest BCUT2D eigenvalue weighted by molar-refractivity contribution is 6.32. The second-order valence-corrected chi connectivity index (χ2v) is 8.20. The van der Waals surface area contributed by atoms with Crippen molar-refractivity contribution in [2.75, 3.05) is 25.0 Å². The number of aliphatic carboxylic acids is 1. The molecule has 1 aliphatic rings. The van der Waals surface area contributed by atoms with Gasteiger partial charge in [-0.1, -0.05) is 23.2 Å². The van der Waals surface area contributed by atoms with Gasteiger partial charge < -0.3 is 31.5 Å². The quantitative estimate of drug-likeness (QED) is 0.294. The van der Waals surface area contributed by atoms with E-state index in [1.807, 2.05) is 0 Å². The minimum atomic E-state index is -1.19. The van der Waals surface area contributed by atoms with E-state index in [1.165, 1.54) is 24.4 Å². The standard InChI is InChI=1S/C21H22Cl2N6O5/c1-10-4-12(22)6-13(18(10)33)14(7-17(31)32)28-16(30)9-27-20(34)11-5-15(19(23)26-8-11)29-21-24-2-3-25-21/h4-6,8,14,33H,2-3,7,9H2,1H3,(H,27,34)(H,28,30)(H,31,32)(H2,24,25,29). The summed E-state index contributed by atoms with van der Waals surface area (Å²) in [6.45, 7) is 2.44. The van der Waals surface area contributed by atoms with Gasteiger partial charge in [0.2, 0.25) is 5.91 Å². The molecule has 6 N–H and O–H groups in total. The first-order chi connectivity index (χ1) is 16.1. The molecular weight excluding hydrogens is 487 g/mol. The number of benzene rings is 1. The number of phenols is 1. The lowest BCUT2D eigenvalue weighted by molar-refractivity contribution is -0.137. The van der Waals surface area contributed by atoms with Crippen LogP contribution in [0.15, 0.2) is 29.4 Å². The smallest absolute Gasteiger partial charge is 0.305 e. The predicted molar refractivity (Wildman–Crippen MR) is 126 cm³/mol. The van der Waals surface area contributed by atoms with Crippen molar-refractivity contribution in [3.05, 3.63) is 51.3 Å². The van der Waals surface area contributed by atoms with Crippen molar-refractivity contribution in [2.24, 2.45) is 4.99 Å². The van der Waals surface area contributed by atoms with Crippen LogP contribution in [-0.2, 0) is 9.59 Å². The van der Waals surface area contributed by atoms with E-state index >= 15 is 0 Å². The first-order valence-corrected chi connectivity index (χ1v) is 10.9. The summed E-state index contributed by atoms with van der Waals surface area (Å²) in [5, 5.41) is 30.9. The number of amides is 2. The van der Waals surface area contributed by atoms with Crippen LogP contribution >= 0.6 is 23.2 Å². The number of rotatable bonds is 8. The van der Waals surface area contributed by atoms with Gasteiger partial charge >= 0.3 is 5.97 Å². The van der Waals surface area contributed by atoms with Crippen LogP contribution in [0.3, 0.4) is 0 Å². The number of carbonyl (C=O) groups is 3. The number of aromatic hydroxyl groups is 1. The molecule has 0 bridgehead atoms. The molecule has 2 amide bonds. The van der Waals surface area contributed by atoms with Crippen LogP contribution in [0.25, 0.3) is 0 Å². The molecule has 0 spiro atoms. The van der Waals surface area contributed by atoms with Crippen LogP contribution < -0.4 is 21.3 Å². The summed E-state index contributed by atoms with van der Waals surface area (Å²) in [5.41, 5.74) is 1.09. The van der Waals surface area contributed by atoms with Crippen LogP contribution in [0, 0.1) is 6.92 Å². The summed E-state index contributed by atoms with van der Waals surface area (Å²) in [6, 6.07) is 3.30. The van der Waals surface area contributed by atoms with E-state index in [4.69, 9.17) is 23.2 Å². The number of carboxylic acids is 1. The third kappa shape index (κ3) is 6.49. The molecule has 34 heavy (non-hydrogen) atoms. The summed E-state index contributed by atoms with van der Waals surface area (Å²) in [4.78, 5) is 44.5. The number of pyridine rings is 1. The molecule has 13 heteroatoms. The molecule has 11 nitrogen and oxygen atoms in total. The second-order valence-electron chi connectivity index (χ2n) is 7.41. The van der Waals surface area contributed by atoms with Crippen LogP contribution in [0.2, 0.25) is 10.2 Å². The maximum absolute atomic E-state index is 12.5. The largest absolute Gasteiger partial charge is 0.507 e. The molecule has 180 valence electrons. The van der Waals surface area contributed by atoms with Gasteiger partial charge in [0, 0.05) is 23.3 Å². The van der Waals surface area contributed by atoms with Crippen molar-refractivity contribution in [3.8, 4) is 5.75 Å². The molecule has 1 aliphatic heterocycles. The number of aromatic nitrogens is 1. The first-order valence-electron chi connectivity index (χ1n) is 10.1. The molecule has 0 aliphatic carbocycles. The molecule has 1 aromatic heterocycles. The molecule has 0 radical (unpaired) electrons. The number of nitrogens with zero attached hydrogens (tertiary/aromatic N) is 2. The van der Waals surface area contributed by atoms with Crippen LogP contribution in [0.4, 0.5) is 5.69 Å². The fourth-order valence-electron chi connectivity index (χ4n) is 3.22. The van der Waals surface area contributed by atoms with Crippen LogP contribution in [0.1, 0.15) is 33.9 Å². The fourth-order valence-corrected chi connectivity index (χ4v) is 3.65. The van der Waals surface area contributed by atoms with Gasteiger partial charge in [0.05, 0.1) is 36.8 Å². The molecule has 0 fully saturated rings. The number of hydrogen-bond donors (Lipinski definition) is 6. The molecule has 0 saturated carbocycles. The number of carboxylic acid groups (broad SMARTS) is 1. The van der Waals surface area contributed by atoms with Gasteiger partial charge in [-0.05, 0) is 30.7 Å². The third-order valence-corrected chi connectivity index (χ3v) is 5.34. The fraction of sp³-hybridized carbons (Fsp3) is 0.286. The lowest BCUT2D eigenvalue weighted by atomic mass is 10.00. The maximum atomic E-state index is 12.5. The molecule has 1 unspecified atom stereocenters. The van der Waals surface area contributed by atoms with Crippen molar-refractivity contribution in [1.29, 1.82) is 0 Å². The van der Waals surface area contributed by atoms with Gasteiger partial charge in [0.25, 0.3) is 5.91 Å². The van der Waals surface area contributed by atoms with E-state index in [2.05, 4.69) is 31.2 Å². The van der Waals surface area contributed by atoms with Gasteiger partial charge in [-0.3, -0.25) is 19.4 Å². The number of aliphatic imine (C=N–C) groups is 1. The van der Waals surface area contributed by atoms with Gasteiger partial charge in [0.1, 0.15) is 5.75 Å². The Bertz CT molecular complexity index is 1160. The molecule has 3 rings (SSSR count). The predicted octanol–water partition coefficient (Wildman–Crippen LogP) is 1.84. The average molecular weight is 509 g/mol. The Balaban J connectivity index is 1.66. The van der Waals surface area contributed by atoms with Gasteiger partial charge in [-0.25, -0.2) is 4.98 Å². The zero-order valence-corrected chi connectivity index (χ0v) is 19.5. The summed E-state index contributed by atoms with van der Waals surface area (Å²) in [6.07, 6.45) is 0.756. The normalized spacial score (nSPS) is 13.4. The van der Waals surface area contributed by atoms with E-state index in [9.17, 15) is 24.6 Å². The number of carbonyl (C=O) groups excluding carboxylic acids is 2. The Hall–Kier alpha value is -3.57. The van der Waals surface area contributed by atoms with Crippen molar-refractivity contribution in [2.45, 2.75) is 19.4 Å². The Labute approximate surface area is 204 Å². The highest BCUT2D eigenvalue weighted by Crippen LogP contribution is 2.32. The third-order valence-electron chi connectivity index (χ3n) is 4.82. The average Bonchev–Trinajstić information content (AvgIpc) is 3.28. The lowest BCUT2D eigenvalue weighted by Crippen LogP contribution is -2.39. The van der Waals surface area contributed by atoms with Crippen molar-refractivity contribution in [3.63, 3.8) is 0 Å². The van der Waals surface area contributed by atoms with E-state index in [0.29, 0.717) is 30.3 Å². The van der Waals surface area contributed by atoms with E-state index in [1.54, 1.807) is 6.92 Å². The summed E-state index contributed by atoms with van der Waals surface area (Å²) in [7, 11) is 0. The minimum absolute atomic E-state index is 0.138. The zero-order valence-electron chi connectivity index (χ0n) is 18.0. The van der Waals surface area contributed by atoms with Crippen LogP contribution in [0.5, 0.6) is 5.75 Å². The Morgan fingerprint density at radius 2 is 2.00 bits per heavy atom. The summed E-state index contributed by atoms with van der Waals surface area (Å²) < 4.78 is 0. The topological polar surface area (TPSA) is 165 Å². The first kappa shape index (κ1) is 25.1. The number of anilines is 1. The maximum Gasteiger partial charge on any atom is 0.305 e. The highest BCUT2D eigenvalue weighted by atomic mass is 35.5. The zero-order chi connectivity index (χ0) is 24.8. The Morgan fingerprint density at radius 1 is 1.24 bits per heavy atom. The number of hydrogen-bond acceptors (Lipinski definition) is 8. The van der Waals surface area contributed by atoms with Crippen molar-refractivity contribution < 1.29 is 24.6 Å². The summed E-state index contributed by atoms with van der Waals surface area (Å²) >= 11 is 12.1. The van der Waals surface area contributed by atoms with E-state index in [0.717, 1.165) is 0 Å². The Morgan fingerprint density at radius 3 is 2.68 bits per heavy atom. The number of nitrogens with one attached hydrogen (secondary N) is 4. The van der Waals surface area contributed by atoms with E-state index in [-0.39, 0.29) is 27.1 Å². The second kappa shape index (κ2) is 11.0. The Kier molecular flexibility index (Phi) is 8.13. The number of phenolic OH excluding ortho intramolecular Hbond substituents is 1. The van der Waals surface area contributed by atoms with Crippen molar-refractivity contribution >= 4 is 52.6 Å². The monoisotopic (exact) mass is 508 g/mol. The molecule has 2 heterocycles. The minimum Gasteiger partial charge on any atom is -0.507 e. The number of guanidine groups is 1. The highest BCUT2D eigenvalue weighted by Gasteiger charge is 2.23. The van der Waals surface area contributed by atoms with Gasteiger partial charge in [-0.15, -0.1) is 0 Å². The lowest BCUT2D eigenvalue weighted by Gasteiger charge is -2.20. The van der Waals surface area contributed by atoms with Crippen LogP contribution in [-0.4, -0.2) is 58.6 Å². The molecule has 1 atom stereocenters. The number of halogens is 2. The molecule has 2 aromatic rings. The van der Waals surface area contributed by atoms with Gasteiger partial charge in [-0.2, -0.15) is 0 Å². The number of aryl methyl sites for hydroxylation is 1. The molecular formula is C21H22Cl2N6O5. The SMILES string of the molecule is Cc1cc(Cl)cc(C(CC(=O)O)NC(=O)CNC(=O)c2cnc(Cl)c(NC3=NCCN3)c2)c1O. The molecule has 0 saturated heterocycles. The summed E-state index contributed by atoms with van der Waals surface area (Å²) in [5.74, 6) is -2.13. The van der Waals surface area contributed by atoms with Gasteiger partial charge in [0.15, 0.2) is 11.1 Å². The molecule has 1 aromatic carbocycles.